The molecule has 8 heteroatoms. The van der Waals surface area contributed by atoms with Crippen molar-refractivity contribution in [3.05, 3.63) is 82.1 Å². The first kappa shape index (κ1) is 20.6. The van der Waals surface area contributed by atoms with Crippen molar-refractivity contribution in [3.8, 4) is 11.5 Å². The van der Waals surface area contributed by atoms with Crippen molar-refractivity contribution in [2.24, 2.45) is 5.10 Å². The highest BCUT2D eigenvalue weighted by Gasteiger charge is 2.08. The lowest BCUT2D eigenvalue weighted by molar-refractivity contribution is -0.119. The van der Waals surface area contributed by atoms with E-state index in [1.54, 1.807) is 0 Å². The summed E-state index contributed by atoms with van der Waals surface area (Å²) in [5.41, 5.74) is 4.61. The molecule has 2 aromatic carbocycles. The topological polar surface area (TPSA) is 75.6 Å². The van der Waals surface area contributed by atoms with Crippen LogP contribution >= 0.6 is 23.2 Å². The number of nitrogens with one attached hydrogen (secondary N) is 2. The molecule has 0 aliphatic carbocycles. The average molecular weight is 429 g/mol. The smallest absolute Gasteiger partial charge is 0.259 e. The molecule has 0 aliphatic heterocycles. The summed E-state index contributed by atoms with van der Waals surface area (Å²) in [4.78, 5) is 16.0. The molecule has 0 spiro atoms. The van der Waals surface area contributed by atoms with E-state index in [0.29, 0.717) is 27.0 Å². The molecule has 148 valence electrons. The summed E-state index contributed by atoms with van der Waals surface area (Å²) < 4.78 is 5.98. The van der Waals surface area contributed by atoms with Gasteiger partial charge < -0.3 is 10.1 Å². The fourth-order valence-corrected chi connectivity index (χ4v) is 2.88. The van der Waals surface area contributed by atoms with Crippen molar-refractivity contribution in [2.75, 3.05) is 11.9 Å². The highest BCUT2D eigenvalue weighted by molar-refractivity contribution is 6.38. The largest absolute Gasteiger partial charge is 0.455 e. The Labute approximate surface area is 178 Å². The molecule has 0 fully saturated rings. The number of hydrazone groups is 1. The lowest BCUT2D eigenvalue weighted by Gasteiger charge is -2.13. The summed E-state index contributed by atoms with van der Waals surface area (Å²) in [7, 11) is 0. The minimum absolute atomic E-state index is 0.00327. The number of halogens is 2. The van der Waals surface area contributed by atoms with Crippen LogP contribution in [0.25, 0.3) is 0 Å². The molecule has 0 atom stereocenters. The minimum atomic E-state index is -0.340. The lowest BCUT2D eigenvalue weighted by Crippen LogP contribution is -2.26. The second-order valence-corrected chi connectivity index (χ2v) is 6.84. The number of para-hydroxylation sites is 3. The number of anilines is 1. The number of aryl methyl sites for hydroxylation is 1. The third-order valence-corrected chi connectivity index (χ3v) is 4.52. The molecule has 0 aliphatic rings. The molecule has 0 radical (unpaired) electrons. The van der Waals surface area contributed by atoms with E-state index in [2.05, 4.69) is 20.8 Å². The van der Waals surface area contributed by atoms with Gasteiger partial charge in [0, 0.05) is 18.0 Å². The zero-order valence-electron chi connectivity index (χ0n) is 15.5. The lowest BCUT2D eigenvalue weighted by atomic mass is 10.2. The molecule has 3 rings (SSSR count). The standard InChI is InChI=1S/C21H18Cl2N4O2/c1-14-6-2-4-8-19(14)29-20-9-5-3-7-18(20)25-13-21(28)27-26-10-15-16(22)11-24-12-17(15)23/h2-12,25H,13H2,1H3,(H,27,28). The van der Waals surface area contributed by atoms with Crippen molar-refractivity contribution in [2.45, 2.75) is 6.92 Å². The summed E-state index contributed by atoms with van der Waals surface area (Å²) in [6.45, 7) is 1.97. The van der Waals surface area contributed by atoms with Crippen LogP contribution in [0.2, 0.25) is 10.0 Å². The van der Waals surface area contributed by atoms with E-state index in [-0.39, 0.29) is 12.5 Å². The van der Waals surface area contributed by atoms with E-state index in [1.165, 1.54) is 18.6 Å². The van der Waals surface area contributed by atoms with Gasteiger partial charge in [-0.05, 0) is 30.7 Å². The molecule has 0 saturated carbocycles. The van der Waals surface area contributed by atoms with E-state index in [9.17, 15) is 4.79 Å². The Kier molecular flexibility index (Phi) is 7.05. The fraction of sp³-hybridized carbons (Fsp3) is 0.0952. The Morgan fingerprint density at radius 1 is 1.07 bits per heavy atom. The zero-order valence-corrected chi connectivity index (χ0v) is 17.0. The van der Waals surface area contributed by atoms with Gasteiger partial charge in [-0.1, -0.05) is 53.5 Å². The van der Waals surface area contributed by atoms with Gasteiger partial charge >= 0.3 is 0 Å². The van der Waals surface area contributed by atoms with Crippen LogP contribution in [-0.4, -0.2) is 23.7 Å². The third-order valence-electron chi connectivity index (χ3n) is 3.91. The SMILES string of the molecule is Cc1ccccc1Oc1ccccc1NCC(=O)NN=Cc1c(Cl)cncc1Cl. The molecule has 2 N–H and O–H groups in total. The van der Waals surface area contributed by atoms with Gasteiger partial charge in [0.1, 0.15) is 5.75 Å². The van der Waals surface area contributed by atoms with E-state index >= 15 is 0 Å². The monoisotopic (exact) mass is 428 g/mol. The molecule has 1 amide bonds. The van der Waals surface area contributed by atoms with Gasteiger partial charge in [-0.25, -0.2) is 5.43 Å². The maximum Gasteiger partial charge on any atom is 0.259 e. The number of amides is 1. The van der Waals surface area contributed by atoms with Crippen LogP contribution in [-0.2, 0) is 4.79 Å². The highest BCUT2D eigenvalue weighted by atomic mass is 35.5. The first-order chi connectivity index (χ1) is 14.0. The number of hydrogen-bond acceptors (Lipinski definition) is 5. The van der Waals surface area contributed by atoms with Crippen molar-refractivity contribution in [3.63, 3.8) is 0 Å². The predicted molar refractivity (Wildman–Crippen MR) is 116 cm³/mol. The number of benzene rings is 2. The Morgan fingerprint density at radius 2 is 1.72 bits per heavy atom. The Balaban J connectivity index is 1.59. The number of carbonyl (C=O) groups is 1. The van der Waals surface area contributed by atoms with Gasteiger partial charge in [-0.15, -0.1) is 0 Å². The molecular formula is C21H18Cl2N4O2. The minimum Gasteiger partial charge on any atom is -0.455 e. The van der Waals surface area contributed by atoms with Crippen LogP contribution < -0.4 is 15.5 Å². The van der Waals surface area contributed by atoms with Gasteiger partial charge in [-0.3, -0.25) is 9.78 Å². The van der Waals surface area contributed by atoms with E-state index in [0.717, 1.165) is 11.3 Å². The molecule has 0 saturated heterocycles. The van der Waals surface area contributed by atoms with E-state index in [4.69, 9.17) is 27.9 Å². The number of ether oxygens (including phenoxy) is 1. The predicted octanol–water partition coefficient (Wildman–Crippen LogP) is 5.05. The second kappa shape index (κ2) is 9.91. The average Bonchev–Trinajstić information content (AvgIpc) is 2.71. The summed E-state index contributed by atoms with van der Waals surface area (Å²) in [5, 5.41) is 7.62. The number of aromatic nitrogens is 1. The van der Waals surface area contributed by atoms with Crippen molar-refractivity contribution >= 4 is 41.0 Å². The van der Waals surface area contributed by atoms with Crippen LogP contribution in [0, 0.1) is 6.92 Å². The van der Waals surface area contributed by atoms with Crippen molar-refractivity contribution < 1.29 is 9.53 Å². The first-order valence-corrected chi connectivity index (χ1v) is 9.47. The molecule has 6 nitrogen and oxygen atoms in total. The van der Waals surface area contributed by atoms with Crippen molar-refractivity contribution in [1.29, 1.82) is 0 Å². The molecule has 3 aromatic rings. The van der Waals surface area contributed by atoms with E-state index in [1.807, 2.05) is 55.5 Å². The van der Waals surface area contributed by atoms with Gasteiger partial charge in [0.15, 0.2) is 5.75 Å². The first-order valence-electron chi connectivity index (χ1n) is 8.72. The molecule has 0 bridgehead atoms. The maximum atomic E-state index is 12.1. The number of rotatable bonds is 7. The van der Waals surface area contributed by atoms with Crippen LogP contribution in [0.1, 0.15) is 11.1 Å². The van der Waals surface area contributed by atoms with Crippen LogP contribution in [0.5, 0.6) is 11.5 Å². The summed E-state index contributed by atoms with van der Waals surface area (Å²) in [6, 6.07) is 15.1. The molecule has 29 heavy (non-hydrogen) atoms. The number of pyridine rings is 1. The number of nitrogens with zero attached hydrogens (tertiary/aromatic N) is 2. The fourth-order valence-electron chi connectivity index (χ4n) is 2.42. The normalized spacial score (nSPS) is 10.7. The summed E-state index contributed by atoms with van der Waals surface area (Å²) in [5.74, 6) is 1.03. The number of carbonyl (C=O) groups excluding carboxylic acids is 1. The Hall–Kier alpha value is -3.09. The summed E-state index contributed by atoms with van der Waals surface area (Å²) >= 11 is 12.0. The molecular weight excluding hydrogens is 411 g/mol. The molecule has 1 heterocycles. The third kappa shape index (κ3) is 5.70. The summed E-state index contributed by atoms with van der Waals surface area (Å²) in [6.07, 6.45) is 4.27. The molecule has 1 aromatic heterocycles. The van der Waals surface area contributed by atoms with Gasteiger partial charge in [0.05, 0.1) is 28.5 Å². The van der Waals surface area contributed by atoms with Gasteiger partial charge in [0.25, 0.3) is 5.91 Å². The Morgan fingerprint density at radius 3 is 2.45 bits per heavy atom. The van der Waals surface area contributed by atoms with E-state index < -0.39 is 0 Å². The van der Waals surface area contributed by atoms with Gasteiger partial charge in [0.2, 0.25) is 0 Å². The second-order valence-electron chi connectivity index (χ2n) is 6.03. The van der Waals surface area contributed by atoms with Crippen LogP contribution in [0.4, 0.5) is 5.69 Å². The zero-order chi connectivity index (χ0) is 20.6. The molecule has 0 unspecified atom stereocenters. The van der Waals surface area contributed by atoms with Crippen molar-refractivity contribution in [1.82, 2.24) is 10.4 Å². The maximum absolute atomic E-state index is 12.1. The highest BCUT2D eigenvalue weighted by Crippen LogP contribution is 2.30. The van der Waals surface area contributed by atoms with Crippen LogP contribution in [0.15, 0.2) is 66.0 Å². The van der Waals surface area contributed by atoms with Crippen LogP contribution in [0.3, 0.4) is 0 Å². The Bertz CT molecular complexity index is 1020. The number of hydrogen-bond donors (Lipinski definition) is 2. The quantitative estimate of drug-likeness (QED) is 0.407. The van der Waals surface area contributed by atoms with Gasteiger partial charge in [-0.2, -0.15) is 5.10 Å².